The summed E-state index contributed by atoms with van der Waals surface area (Å²) in [7, 11) is -3.02. The van der Waals surface area contributed by atoms with Crippen molar-refractivity contribution in [2.75, 3.05) is 25.9 Å². The molecule has 14 heavy (non-hydrogen) atoms. The first-order valence-electron chi connectivity index (χ1n) is 5.23. The molecule has 0 aromatic heterocycles. The Kier molecular flexibility index (Phi) is 2.57. The highest BCUT2D eigenvalue weighted by Crippen LogP contribution is 2.34. The van der Waals surface area contributed by atoms with Crippen molar-refractivity contribution in [3.8, 4) is 0 Å². The minimum atomic E-state index is -3.02. The molecule has 0 aliphatic carbocycles. The van der Waals surface area contributed by atoms with Crippen molar-refractivity contribution < 1.29 is 8.42 Å². The average Bonchev–Trinajstić information content (AvgIpc) is 2.52. The van der Waals surface area contributed by atoms with Crippen LogP contribution in [0.4, 0.5) is 0 Å². The van der Waals surface area contributed by atoms with Gasteiger partial charge in [-0.1, -0.05) is 6.42 Å². The Morgan fingerprint density at radius 3 is 2.64 bits per heavy atom. The van der Waals surface area contributed by atoms with Crippen molar-refractivity contribution >= 4 is 10.0 Å². The molecule has 1 atom stereocenters. The largest absolute Gasteiger partial charge is 0.315 e. The predicted octanol–water partition coefficient (Wildman–Crippen LogP) is 0.164. The summed E-state index contributed by atoms with van der Waals surface area (Å²) in [4.78, 5) is 0. The van der Waals surface area contributed by atoms with E-state index in [1.165, 1.54) is 6.26 Å². The molecule has 2 heterocycles. The van der Waals surface area contributed by atoms with Gasteiger partial charge in [0.1, 0.15) is 0 Å². The van der Waals surface area contributed by atoms with E-state index in [1.54, 1.807) is 4.31 Å². The van der Waals surface area contributed by atoms with E-state index in [0.29, 0.717) is 6.54 Å². The van der Waals surface area contributed by atoms with Crippen LogP contribution in [0.2, 0.25) is 0 Å². The number of sulfonamides is 1. The highest BCUT2D eigenvalue weighted by Gasteiger charge is 2.45. The van der Waals surface area contributed by atoms with Crippen molar-refractivity contribution in [3.63, 3.8) is 0 Å². The van der Waals surface area contributed by atoms with Crippen LogP contribution in [0.15, 0.2) is 0 Å². The molecule has 5 heteroatoms. The van der Waals surface area contributed by atoms with Crippen molar-refractivity contribution in [2.45, 2.75) is 31.2 Å². The molecule has 1 N–H and O–H groups in total. The molecule has 4 nitrogen and oxygen atoms in total. The summed E-state index contributed by atoms with van der Waals surface area (Å²) in [6, 6.07) is 0. The van der Waals surface area contributed by atoms with Gasteiger partial charge in [0.2, 0.25) is 10.0 Å². The van der Waals surface area contributed by atoms with E-state index in [0.717, 1.165) is 38.8 Å². The van der Waals surface area contributed by atoms with Gasteiger partial charge in [-0.15, -0.1) is 0 Å². The third-order valence-electron chi connectivity index (χ3n) is 3.40. The minimum Gasteiger partial charge on any atom is -0.315 e. The zero-order valence-electron chi connectivity index (χ0n) is 8.62. The molecule has 0 bridgehead atoms. The Morgan fingerprint density at radius 1 is 1.29 bits per heavy atom. The molecule has 0 amide bonds. The fraction of sp³-hybridized carbons (Fsp3) is 1.00. The number of nitrogens with one attached hydrogen (secondary N) is 1. The second kappa shape index (κ2) is 3.47. The van der Waals surface area contributed by atoms with Crippen LogP contribution in [0.3, 0.4) is 0 Å². The van der Waals surface area contributed by atoms with E-state index in [1.807, 2.05) is 0 Å². The summed E-state index contributed by atoms with van der Waals surface area (Å²) in [6.07, 6.45) is 5.49. The van der Waals surface area contributed by atoms with Gasteiger partial charge < -0.3 is 5.32 Å². The Hall–Kier alpha value is -0.130. The molecule has 0 saturated carbocycles. The van der Waals surface area contributed by atoms with Gasteiger partial charge in [-0.25, -0.2) is 8.42 Å². The van der Waals surface area contributed by atoms with Crippen LogP contribution in [0.1, 0.15) is 25.7 Å². The van der Waals surface area contributed by atoms with Crippen molar-refractivity contribution in [2.24, 2.45) is 0 Å². The highest BCUT2D eigenvalue weighted by atomic mass is 32.2. The lowest BCUT2D eigenvalue weighted by atomic mass is 9.88. The van der Waals surface area contributed by atoms with Gasteiger partial charge in [-0.3, -0.25) is 0 Å². The standard InChI is InChI=1S/C9H18N2O2S/c1-14(12,13)11-7-3-2-4-9(11)5-6-10-8-9/h10H,2-8H2,1H3/t9-/m1/s1. The molecule has 0 radical (unpaired) electrons. The summed E-state index contributed by atoms with van der Waals surface area (Å²) in [5.74, 6) is 0. The maximum Gasteiger partial charge on any atom is 0.211 e. The summed E-state index contributed by atoms with van der Waals surface area (Å²) in [5.41, 5.74) is -0.0914. The molecule has 2 rings (SSSR count). The molecule has 2 aliphatic heterocycles. The summed E-state index contributed by atoms with van der Waals surface area (Å²) in [6.45, 7) is 2.49. The number of nitrogens with zero attached hydrogens (tertiary/aromatic N) is 1. The van der Waals surface area contributed by atoms with Gasteiger partial charge in [-0.05, 0) is 25.8 Å². The number of rotatable bonds is 1. The monoisotopic (exact) mass is 218 g/mol. The Balaban J connectivity index is 2.27. The molecule has 0 aromatic carbocycles. The number of hydrogen-bond acceptors (Lipinski definition) is 3. The summed E-state index contributed by atoms with van der Waals surface area (Å²) < 4.78 is 25.0. The maximum absolute atomic E-state index is 11.6. The molecular weight excluding hydrogens is 200 g/mol. The van der Waals surface area contributed by atoms with Crippen LogP contribution in [0.5, 0.6) is 0 Å². The zero-order valence-corrected chi connectivity index (χ0v) is 9.44. The van der Waals surface area contributed by atoms with Crippen molar-refractivity contribution in [1.29, 1.82) is 0 Å². The molecule has 0 aromatic rings. The number of hydrogen-bond donors (Lipinski definition) is 1. The first-order valence-corrected chi connectivity index (χ1v) is 7.08. The molecule has 0 unspecified atom stereocenters. The smallest absolute Gasteiger partial charge is 0.211 e. The van der Waals surface area contributed by atoms with Gasteiger partial charge in [-0.2, -0.15) is 4.31 Å². The zero-order chi connectivity index (χ0) is 10.2. The van der Waals surface area contributed by atoms with E-state index < -0.39 is 10.0 Å². The normalized spacial score (nSPS) is 35.2. The quantitative estimate of drug-likeness (QED) is 0.682. The van der Waals surface area contributed by atoms with Gasteiger partial charge in [0.15, 0.2) is 0 Å². The number of piperidine rings is 1. The highest BCUT2D eigenvalue weighted by molar-refractivity contribution is 7.88. The van der Waals surface area contributed by atoms with E-state index in [9.17, 15) is 8.42 Å². The second-order valence-corrected chi connectivity index (χ2v) is 6.35. The molecule has 2 aliphatic rings. The lowest BCUT2D eigenvalue weighted by molar-refractivity contribution is 0.151. The fourth-order valence-electron chi connectivity index (χ4n) is 2.75. The first kappa shape index (κ1) is 10.4. The van der Waals surface area contributed by atoms with Gasteiger partial charge >= 0.3 is 0 Å². The molecule has 82 valence electrons. The molecule has 2 fully saturated rings. The van der Waals surface area contributed by atoms with Crippen molar-refractivity contribution in [1.82, 2.24) is 9.62 Å². The average molecular weight is 218 g/mol. The van der Waals surface area contributed by atoms with E-state index in [2.05, 4.69) is 5.32 Å². The summed E-state index contributed by atoms with van der Waals surface area (Å²) >= 11 is 0. The van der Waals surface area contributed by atoms with Gasteiger partial charge in [0.05, 0.1) is 6.26 Å². The summed E-state index contributed by atoms with van der Waals surface area (Å²) in [5, 5.41) is 3.28. The van der Waals surface area contributed by atoms with Crippen LogP contribution >= 0.6 is 0 Å². The third-order valence-corrected chi connectivity index (χ3v) is 4.77. The lowest BCUT2D eigenvalue weighted by Gasteiger charge is -2.42. The maximum atomic E-state index is 11.6. The Morgan fingerprint density at radius 2 is 2.07 bits per heavy atom. The van der Waals surface area contributed by atoms with Crippen LogP contribution in [-0.4, -0.2) is 44.2 Å². The topological polar surface area (TPSA) is 49.4 Å². The van der Waals surface area contributed by atoms with Crippen LogP contribution in [0.25, 0.3) is 0 Å². The minimum absolute atomic E-state index is 0.0914. The van der Waals surface area contributed by atoms with Crippen LogP contribution in [0, 0.1) is 0 Å². The van der Waals surface area contributed by atoms with Crippen LogP contribution in [-0.2, 0) is 10.0 Å². The first-order chi connectivity index (χ1) is 6.55. The van der Waals surface area contributed by atoms with Crippen LogP contribution < -0.4 is 5.32 Å². The lowest BCUT2D eigenvalue weighted by Crippen LogP contribution is -2.55. The van der Waals surface area contributed by atoms with E-state index in [-0.39, 0.29) is 5.54 Å². The van der Waals surface area contributed by atoms with Gasteiger partial charge in [0, 0.05) is 18.6 Å². The van der Waals surface area contributed by atoms with E-state index >= 15 is 0 Å². The van der Waals surface area contributed by atoms with E-state index in [4.69, 9.17) is 0 Å². The Bertz CT molecular complexity index is 307. The second-order valence-electron chi connectivity index (χ2n) is 4.44. The predicted molar refractivity (Wildman–Crippen MR) is 55.6 cm³/mol. The molecule has 1 spiro atoms. The SMILES string of the molecule is CS(=O)(=O)N1CCCC[C@]12CCNC2. The van der Waals surface area contributed by atoms with Gasteiger partial charge in [0.25, 0.3) is 0 Å². The Labute approximate surface area is 85.7 Å². The van der Waals surface area contributed by atoms with Crippen molar-refractivity contribution in [3.05, 3.63) is 0 Å². The molecular formula is C9H18N2O2S. The third kappa shape index (κ3) is 1.68. The fourth-order valence-corrected chi connectivity index (χ4v) is 4.16. The molecule has 2 saturated heterocycles.